The van der Waals surface area contributed by atoms with Gasteiger partial charge in [0.15, 0.2) is 0 Å². The first-order valence-electron chi connectivity index (χ1n) is 4.43. The molecule has 1 saturated heterocycles. The Morgan fingerprint density at radius 1 is 1.00 bits per heavy atom. The first-order chi connectivity index (χ1) is 4.72. The molecule has 0 aliphatic carbocycles. The maximum absolute atomic E-state index is 2.44. The molecule has 0 N–H and O–H groups in total. The van der Waals surface area contributed by atoms with Crippen molar-refractivity contribution in [3.8, 4) is 0 Å². The Morgan fingerprint density at radius 3 is 1.40 bits per heavy atom. The van der Waals surface area contributed by atoms with Crippen molar-refractivity contribution in [2.75, 3.05) is 6.66 Å². The van der Waals surface area contributed by atoms with E-state index in [0.717, 1.165) is 11.3 Å². The highest BCUT2D eigenvalue weighted by molar-refractivity contribution is 7.58. The second-order valence-electron chi connectivity index (χ2n) is 2.94. The van der Waals surface area contributed by atoms with E-state index in [9.17, 15) is 0 Å². The summed E-state index contributed by atoms with van der Waals surface area (Å²) in [4.78, 5) is 0. The standard InChI is InChI=1S/C7H15P.C2H6/c1-6-4-5-7(2)8(6)3;1-2/h6-7H,4-5H2,1-3H3;1-2H3. The maximum Gasteiger partial charge on any atom is -0.0237 e. The summed E-state index contributed by atoms with van der Waals surface area (Å²) in [5.41, 5.74) is 2.11. The predicted octanol–water partition coefficient (Wildman–Crippen LogP) is 3.70. The zero-order valence-corrected chi connectivity index (χ0v) is 8.91. The third-order valence-electron chi connectivity index (χ3n) is 2.39. The van der Waals surface area contributed by atoms with Crippen molar-refractivity contribution in [3.63, 3.8) is 0 Å². The van der Waals surface area contributed by atoms with Gasteiger partial charge >= 0.3 is 0 Å². The van der Waals surface area contributed by atoms with E-state index in [4.69, 9.17) is 0 Å². The van der Waals surface area contributed by atoms with Gasteiger partial charge < -0.3 is 0 Å². The summed E-state index contributed by atoms with van der Waals surface area (Å²) in [6.07, 6.45) is 2.98. The van der Waals surface area contributed by atoms with E-state index < -0.39 is 0 Å². The Kier molecular flexibility index (Phi) is 5.35. The van der Waals surface area contributed by atoms with Crippen LogP contribution in [-0.4, -0.2) is 18.0 Å². The molecule has 1 heteroatoms. The van der Waals surface area contributed by atoms with Crippen LogP contribution in [0.2, 0.25) is 0 Å². The third kappa shape index (κ3) is 2.58. The highest BCUT2D eigenvalue weighted by Crippen LogP contribution is 2.51. The molecule has 2 atom stereocenters. The minimum Gasteiger partial charge on any atom is -0.104 e. The normalized spacial score (nSPS) is 38.7. The molecular weight excluding hydrogens is 139 g/mol. The van der Waals surface area contributed by atoms with Gasteiger partial charge in [0.1, 0.15) is 0 Å². The summed E-state index contributed by atoms with van der Waals surface area (Å²) >= 11 is 0. The first-order valence-corrected chi connectivity index (χ1v) is 6.36. The fourth-order valence-electron chi connectivity index (χ4n) is 1.32. The van der Waals surface area contributed by atoms with Crippen LogP contribution >= 0.6 is 7.92 Å². The Bertz CT molecular complexity index is 70.8. The molecule has 1 heterocycles. The van der Waals surface area contributed by atoms with E-state index in [0.29, 0.717) is 7.92 Å². The molecular formula is C9H21P. The Morgan fingerprint density at radius 2 is 1.30 bits per heavy atom. The molecule has 0 radical (unpaired) electrons. The highest BCUT2D eigenvalue weighted by Gasteiger charge is 2.24. The number of rotatable bonds is 0. The van der Waals surface area contributed by atoms with Crippen LogP contribution < -0.4 is 0 Å². The van der Waals surface area contributed by atoms with Crippen LogP contribution in [0, 0.1) is 0 Å². The van der Waals surface area contributed by atoms with Gasteiger partial charge in [0.05, 0.1) is 0 Å². The van der Waals surface area contributed by atoms with Crippen LogP contribution in [0.3, 0.4) is 0 Å². The van der Waals surface area contributed by atoms with Gasteiger partial charge in [-0.3, -0.25) is 0 Å². The van der Waals surface area contributed by atoms with Crippen LogP contribution in [-0.2, 0) is 0 Å². The molecule has 0 bridgehead atoms. The number of hydrogen-bond acceptors (Lipinski definition) is 0. The van der Waals surface area contributed by atoms with Gasteiger partial charge in [0.25, 0.3) is 0 Å². The number of hydrogen-bond donors (Lipinski definition) is 0. The molecule has 0 aromatic heterocycles. The monoisotopic (exact) mass is 160 g/mol. The molecule has 0 saturated carbocycles. The van der Waals surface area contributed by atoms with Crippen molar-refractivity contribution in [2.24, 2.45) is 0 Å². The van der Waals surface area contributed by atoms with Gasteiger partial charge in [-0.25, -0.2) is 0 Å². The van der Waals surface area contributed by atoms with E-state index in [1.165, 1.54) is 12.8 Å². The zero-order valence-electron chi connectivity index (χ0n) is 8.02. The molecule has 62 valence electrons. The molecule has 1 fully saturated rings. The summed E-state index contributed by atoms with van der Waals surface area (Å²) in [6.45, 7) is 11.2. The molecule has 1 rings (SSSR count). The van der Waals surface area contributed by atoms with Crippen molar-refractivity contribution in [1.29, 1.82) is 0 Å². The third-order valence-corrected chi connectivity index (χ3v) is 5.69. The average Bonchev–Trinajstić information content (AvgIpc) is 2.25. The van der Waals surface area contributed by atoms with Crippen LogP contribution in [0.25, 0.3) is 0 Å². The van der Waals surface area contributed by atoms with E-state index in [-0.39, 0.29) is 0 Å². The molecule has 0 aromatic carbocycles. The van der Waals surface area contributed by atoms with Crippen molar-refractivity contribution in [3.05, 3.63) is 0 Å². The fourth-order valence-corrected chi connectivity index (χ4v) is 3.31. The van der Waals surface area contributed by atoms with E-state index in [2.05, 4.69) is 20.5 Å². The second kappa shape index (κ2) is 5.13. The lowest BCUT2D eigenvalue weighted by Gasteiger charge is -2.13. The van der Waals surface area contributed by atoms with E-state index in [1.807, 2.05) is 13.8 Å². The topological polar surface area (TPSA) is 0 Å². The second-order valence-corrected chi connectivity index (χ2v) is 6.03. The van der Waals surface area contributed by atoms with Gasteiger partial charge in [0, 0.05) is 0 Å². The molecule has 0 nitrogen and oxygen atoms in total. The lowest BCUT2D eigenvalue weighted by Crippen LogP contribution is -1.92. The fraction of sp³-hybridized carbons (Fsp3) is 1.00. The summed E-state index contributed by atoms with van der Waals surface area (Å²) < 4.78 is 0. The summed E-state index contributed by atoms with van der Waals surface area (Å²) in [7, 11) is 0.413. The van der Waals surface area contributed by atoms with Gasteiger partial charge in [-0.2, -0.15) is 0 Å². The predicted molar refractivity (Wildman–Crippen MR) is 52.4 cm³/mol. The van der Waals surface area contributed by atoms with Gasteiger partial charge in [0.2, 0.25) is 0 Å². The van der Waals surface area contributed by atoms with Gasteiger partial charge in [-0.05, 0) is 30.8 Å². The molecule has 2 unspecified atom stereocenters. The maximum atomic E-state index is 2.44. The summed E-state index contributed by atoms with van der Waals surface area (Å²) in [5, 5.41) is 0. The van der Waals surface area contributed by atoms with Crippen molar-refractivity contribution >= 4 is 7.92 Å². The van der Waals surface area contributed by atoms with Crippen LogP contribution in [0.15, 0.2) is 0 Å². The van der Waals surface area contributed by atoms with E-state index >= 15 is 0 Å². The average molecular weight is 160 g/mol. The lowest BCUT2D eigenvalue weighted by atomic mass is 10.2. The van der Waals surface area contributed by atoms with Gasteiger partial charge in [-0.1, -0.05) is 27.7 Å². The Labute approximate surface area is 67.2 Å². The highest BCUT2D eigenvalue weighted by atomic mass is 31.1. The van der Waals surface area contributed by atoms with Crippen LogP contribution in [0.5, 0.6) is 0 Å². The van der Waals surface area contributed by atoms with E-state index in [1.54, 1.807) is 0 Å². The SMILES string of the molecule is CC.CC1CCC(C)P1C. The quantitative estimate of drug-likeness (QED) is 0.474. The summed E-state index contributed by atoms with van der Waals surface area (Å²) in [5.74, 6) is 0. The molecule has 0 spiro atoms. The van der Waals surface area contributed by atoms with Gasteiger partial charge in [-0.15, -0.1) is 7.92 Å². The molecule has 0 amide bonds. The van der Waals surface area contributed by atoms with Crippen molar-refractivity contribution < 1.29 is 0 Å². The molecule has 10 heavy (non-hydrogen) atoms. The minimum atomic E-state index is 0.413. The largest absolute Gasteiger partial charge is 0.104 e. The molecule has 0 aromatic rings. The van der Waals surface area contributed by atoms with Crippen LogP contribution in [0.1, 0.15) is 40.5 Å². The molecule has 1 aliphatic rings. The van der Waals surface area contributed by atoms with Crippen LogP contribution in [0.4, 0.5) is 0 Å². The summed E-state index contributed by atoms with van der Waals surface area (Å²) in [6, 6.07) is 0. The van der Waals surface area contributed by atoms with Crippen molar-refractivity contribution in [2.45, 2.75) is 51.9 Å². The Hall–Kier alpha value is 0.430. The lowest BCUT2D eigenvalue weighted by molar-refractivity contribution is 0.777. The first kappa shape index (κ1) is 10.4. The Balaban J connectivity index is 0.000000371. The smallest absolute Gasteiger partial charge is 0.0237 e. The minimum absolute atomic E-state index is 0.413. The molecule has 1 aliphatic heterocycles. The van der Waals surface area contributed by atoms with Crippen molar-refractivity contribution in [1.82, 2.24) is 0 Å². The zero-order chi connectivity index (χ0) is 8.15.